The SMILES string of the molecule is Cc1onc(-c2ccccc2O)c1C(=O)NC1C(=O)N2C1SC(C)(C)C2C(=O)O. The molecule has 0 aliphatic carbocycles. The van der Waals surface area contributed by atoms with Crippen molar-refractivity contribution in [2.75, 3.05) is 0 Å². The third-order valence-electron chi connectivity index (χ3n) is 5.21. The van der Waals surface area contributed by atoms with Gasteiger partial charge < -0.3 is 25.0 Å². The number of nitrogens with one attached hydrogen (secondary N) is 1. The molecular weight excluding hydrogens is 398 g/mol. The Morgan fingerprint density at radius 2 is 2.00 bits per heavy atom. The minimum absolute atomic E-state index is 0.0573. The number of fused-ring (bicyclic) bond motifs is 1. The summed E-state index contributed by atoms with van der Waals surface area (Å²) in [4.78, 5) is 38.5. The van der Waals surface area contributed by atoms with E-state index in [2.05, 4.69) is 10.5 Å². The molecule has 3 heterocycles. The van der Waals surface area contributed by atoms with Crippen molar-refractivity contribution in [3.8, 4) is 17.0 Å². The third-order valence-corrected chi connectivity index (χ3v) is 6.78. The molecule has 2 fully saturated rings. The molecule has 2 aliphatic heterocycles. The Hall–Kier alpha value is -3.01. The van der Waals surface area contributed by atoms with Gasteiger partial charge in [-0.2, -0.15) is 0 Å². The van der Waals surface area contributed by atoms with E-state index in [0.717, 1.165) is 0 Å². The normalized spacial score (nSPS) is 24.7. The van der Waals surface area contributed by atoms with Crippen LogP contribution in [0.3, 0.4) is 0 Å². The number of aromatic nitrogens is 1. The van der Waals surface area contributed by atoms with Gasteiger partial charge in [-0.05, 0) is 32.9 Å². The topological polar surface area (TPSA) is 133 Å². The number of aryl methyl sites for hydroxylation is 1. The predicted octanol–water partition coefficient (Wildman–Crippen LogP) is 1.60. The number of phenolic OH excluding ortho intramolecular Hbond substituents is 1. The maximum atomic E-state index is 13.0. The first-order valence-corrected chi connectivity index (χ1v) is 9.79. The van der Waals surface area contributed by atoms with Crippen molar-refractivity contribution < 1.29 is 29.1 Å². The van der Waals surface area contributed by atoms with E-state index in [9.17, 15) is 24.6 Å². The van der Waals surface area contributed by atoms with Crippen molar-refractivity contribution in [3.63, 3.8) is 0 Å². The summed E-state index contributed by atoms with van der Waals surface area (Å²) in [5, 5.41) is 25.7. The summed E-state index contributed by atoms with van der Waals surface area (Å²) >= 11 is 1.34. The Bertz CT molecular complexity index is 1030. The van der Waals surface area contributed by atoms with Gasteiger partial charge in [-0.1, -0.05) is 17.3 Å². The van der Waals surface area contributed by atoms with Crippen molar-refractivity contribution in [2.45, 2.75) is 43.0 Å². The van der Waals surface area contributed by atoms with Gasteiger partial charge in [-0.25, -0.2) is 4.79 Å². The van der Waals surface area contributed by atoms with Gasteiger partial charge in [0.15, 0.2) is 0 Å². The van der Waals surface area contributed by atoms with Gasteiger partial charge in [0, 0.05) is 10.3 Å². The number of aliphatic carboxylic acids is 1. The van der Waals surface area contributed by atoms with Gasteiger partial charge in [0.1, 0.15) is 40.2 Å². The summed E-state index contributed by atoms with van der Waals surface area (Å²) in [5.74, 6) is -1.89. The summed E-state index contributed by atoms with van der Waals surface area (Å²) in [6.45, 7) is 5.09. The lowest BCUT2D eigenvalue weighted by molar-refractivity contribution is -0.159. The van der Waals surface area contributed by atoms with E-state index < -0.39 is 40.0 Å². The largest absolute Gasteiger partial charge is 0.507 e. The molecule has 1 aromatic carbocycles. The van der Waals surface area contributed by atoms with Gasteiger partial charge in [0.25, 0.3) is 5.91 Å². The van der Waals surface area contributed by atoms with Crippen LogP contribution in [0, 0.1) is 6.92 Å². The minimum atomic E-state index is -1.07. The van der Waals surface area contributed by atoms with Crippen LogP contribution in [0.25, 0.3) is 11.3 Å². The van der Waals surface area contributed by atoms with Crippen LogP contribution < -0.4 is 5.32 Å². The Kier molecular flexibility index (Phi) is 4.34. The lowest BCUT2D eigenvalue weighted by atomic mass is 9.95. The number of hydrogen-bond acceptors (Lipinski definition) is 7. The molecule has 1 aromatic heterocycles. The summed E-state index contributed by atoms with van der Waals surface area (Å²) in [5.41, 5.74) is 0.623. The minimum Gasteiger partial charge on any atom is -0.507 e. The van der Waals surface area contributed by atoms with E-state index >= 15 is 0 Å². The van der Waals surface area contributed by atoms with Crippen LogP contribution >= 0.6 is 11.8 Å². The molecule has 2 amide bonds. The number of para-hydroxylation sites is 1. The fraction of sp³-hybridized carbons (Fsp3) is 0.368. The average molecular weight is 417 g/mol. The molecule has 0 spiro atoms. The highest BCUT2D eigenvalue weighted by Crippen LogP contribution is 2.50. The molecule has 2 aromatic rings. The molecule has 0 radical (unpaired) electrons. The number of amides is 2. The number of phenols is 1. The van der Waals surface area contributed by atoms with E-state index in [1.807, 2.05) is 0 Å². The maximum absolute atomic E-state index is 13.0. The number of carboxylic acid groups (broad SMARTS) is 1. The molecule has 10 heteroatoms. The average Bonchev–Trinajstić information content (AvgIpc) is 3.15. The number of carbonyl (C=O) groups is 3. The number of thioether (sulfide) groups is 1. The first kappa shape index (κ1) is 19.3. The summed E-state index contributed by atoms with van der Waals surface area (Å²) in [6.07, 6.45) is 0. The number of carboxylic acids is 1. The second-order valence-corrected chi connectivity index (χ2v) is 9.30. The second kappa shape index (κ2) is 6.51. The van der Waals surface area contributed by atoms with E-state index in [1.165, 1.54) is 22.7 Å². The van der Waals surface area contributed by atoms with Crippen molar-refractivity contribution in [3.05, 3.63) is 35.6 Å². The molecule has 0 saturated carbocycles. The van der Waals surface area contributed by atoms with Gasteiger partial charge in [-0.3, -0.25) is 9.59 Å². The monoisotopic (exact) mass is 417 g/mol. The van der Waals surface area contributed by atoms with Crippen LogP contribution in [0.15, 0.2) is 28.8 Å². The molecule has 29 heavy (non-hydrogen) atoms. The van der Waals surface area contributed by atoms with Crippen LogP contribution in [0.4, 0.5) is 0 Å². The standard InChI is InChI=1S/C19H19N3O6S/c1-8-11(12(21-28-8)9-6-4-5-7-10(9)23)15(24)20-13-16(25)22-14(18(26)27)19(2,3)29-17(13)22/h4-7,13-14,17,23H,1-3H3,(H,20,24)(H,26,27). The summed E-state index contributed by atoms with van der Waals surface area (Å²) < 4.78 is 4.47. The molecule has 3 N–H and O–H groups in total. The van der Waals surface area contributed by atoms with Gasteiger partial charge in [-0.15, -0.1) is 11.8 Å². The number of nitrogens with zero attached hydrogens (tertiary/aromatic N) is 2. The molecule has 2 saturated heterocycles. The smallest absolute Gasteiger partial charge is 0.327 e. The quantitative estimate of drug-likeness (QED) is 0.639. The Balaban J connectivity index is 1.60. The maximum Gasteiger partial charge on any atom is 0.327 e. The fourth-order valence-corrected chi connectivity index (χ4v) is 5.48. The van der Waals surface area contributed by atoms with E-state index in [0.29, 0.717) is 5.56 Å². The van der Waals surface area contributed by atoms with E-state index in [1.54, 1.807) is 39.0 Å². The van der Waals surface area contributed by atoms with Crippen molar-refractivity contribution in [1.82, 2.24) is 15.4 Å². The molecular formula is C19H19N3O6S. The molecule has 3 unspecified atom stereocenters. The highest BCUT2D eigenvalue weighted by molar-refractivity contribution is 8.01. The molecule has 152 valence electrons. The lowest BCUT2D eigenvalue weighted by Gasteiger charge is -2.43. The number of β-lactam (4-membered cyclic amide) rings is 1. The van der Waals surface area contributed by atoms with Crippen molar-refractivity contribution >= 4 is 29.5 Å². The Morgan fingerprint density at radius 3 is 2.66 bits per heavy atom. The number of hydrogen-bond donors (Lipinski definition) is 3. The van der Waals surface area contributed by atoms with Crippen LogP contribution in [0.5, 0.6) is 5.75 Å². The Labute approximate surface area is 170 Å². The first-order chi connectivity index (χ1) is 13.6. The zero-order valence-corrected chi connectivity index (χ0v) is 16.7. The number of rotatable bonds is 4. The Morgan fingerprint density at radius 1 is 1.31 bits per heavy atom. The van der Waals surface area contributed by atoms with Crippen LogP contribution in [-0.2, 0) is 9.59 Å². The summed E-state index contributed by atoms with van der Waals surface area (Å²) in [7, 11) is 0. The highest BCUT2D eigenvalue weighted by Gasteiger charge is 2.64. The van der Waals surface area contributed by atoms with Crippen LogP contribution in [0.1, 0.15) is 30.0 Å². The zero-order chi connectivity index (χ0) is 21.1. The van der Waals surface area contributed by atoms with Gasteiger partial charge >= 0.3 is 5.97 Å². The molecule has 4 rings (SSSR count). The van der Waals surface area contributed by atoms with Crippen molar-refractivity contribution in [2.24, 2.45) is 0 Å². The third kappa shape index (κ3) is 2.86. The molecule has 2 aliphatic rings. The van der Waals surface area contributed by atoms with Crippen molar-refractivity contribution in [1.29, 1.82) is 0 Å². The number of carbonyl (C=O) groups excluding carboxylic acids is 2. The van der Waals surface area contributed by atoms with E-state index in [-0.39, 0.29) is 22.8 Å². The van der Waals surface area contributed by atoms with Gasteiger partial charge in [0.05, 0.1) is 0 Å². The number of benzene rings is 1. The molecule has 9 nitrogen and oxygen atoms in total. The summed E-state index contributed by atoms with van der Waals surface area (Å²) in [6, 6.07) is 4.61. The zero-order valence-electron chi connectivity index (χ0n) is 15.9. The lowest BCUT2D eigenvalue weighted by Crippen LogP contribution is -2.70. The highest BCUT2D eigenvalue weighted by atomic mass is 32.2. The second-order valence-electron chi connectivity index (χ2n) is 7.53. The first-order valence-electron chi connectivity index (χ1n) is 8.92. The van der Waals surface area contributed by atoms with Crippen LogP contribution in [-0.4, -0.2) is 60.3 Å². The number of aromatic hydroxyl groups is 1. The molecule has 3 atom stereocenters. The fourth-order valence-electron chi connectivity index (χ4n) is 3.86. The predicted molar refractivity (Wildman–Crippen MR) is 103 cm³/mol. The van der Waals surface area contributed by atoms with E-state index in [4.69, 9.17) is 4.52 Å². The van der Waals surface area contributed by atoms with Crippen LogP contribution in [0.2, 0.25) is 0 Å². The molecule has 0 bridgehead atoms. The van der Waals surface area contributed by atoms with Gasteiger partial charge in [0.2, 0.25) is 5.91 Å².